The van der Waals surface area contributed by atoms with E-state index in [1.807, 2.05) is 0 Å². The van der Waals surface area contributed by atoms with Crippen LogP contribution < -0.4 is 10.1 Å². The lowest BCUT2D eigenvalue weighted by molar-refractivity contribution is -0.0339. The van der Waals surface area contributed by atoms with Crippen molar-refractivity contribution >= 4 is 5.69 Å². The normalized spacial score (nSPS) is 21.7. The lowest BCUT2D eigenvalue weighted by Gasteiger charge is -2.34. The molecule has 0 atom stereocenters. The van der Waals surface area contributed by atoms with Gasteiger partial charge in [0.1, 0.15) is 11.4 Å². The number of anilines is 1. The first-order valence-corrected chi connectivity index (χ1v) is 6.39. The van der Waals surface area contributed by atoms with Gasteiger partial charge in [0, 0.05) is 19.4 Å². The fourth-order valence-electron chi connectivity index (χ4n) is 2.56. The summed E-state index contributed by atoms with van der Waals surface area (Å²) in [4.78, 5) is 0. The van der Waals surface area contributed by atoms with Crippen LogP contribution in [0.1, 0.15) is 25.3 Å². The van der Waals surface area contributed by atoms with E-state index in [1.54, 1.807) is 0 Å². The van der Waals surface area contributed by atoms with Crippen molar-refractivity contribution in [3.8, 4) is 5.75 Å². The minimum atomic E-state index is -0.0718. The van der Waals surface area contributed by atoms with Crippen molar-refractivity contribution in [2.45, 2.75) is 31.8 Å². The van der Waals surface area contributed by atoms with Crippen LogP contribution in [-0.2, 0) is 11.2 Å². The SMILES string of the molecule is CC1(Oc2cccc3c2NCC3)CCOCC1. The molecule has 92 valence electrons. The lowest BCUT2D eigenvalue weighted by Crippen LogP contribution is -2.38. The van der Waals surface area contributed by atoms with Crippen LogP contribution in [0.25, 0.3) is 0 Å². The van der Waals surface area contributed by atoms with Gasteiger partial charge in [-0.15, -0.1) is 0 Å². The smallest absolute Gasteiger partial charge is 0.143 e. The minimum Gasteiger partial charge on any atom is -0.485 e. The van der Waals surface area contributed by atoms with Crippen molar-refractivity contribution in [2.75, 3.05) is 25.1 Å². The highest BCUT2D eigenvalue weighted by Gasteiger charge is 2.30. The summed E-state index contributed by atoms with van der Waals surface area (Å²) in [5, 5.41) is 3.42. The largest absolute Gasteiger partial charge is 0.485 e. The van der Waals surface area contributed by atoms with Gasteiger partial charge in [0.15, 0.2) is 0 Å². The summed E-state index contributed by atoms with van der Waals surface area (Å²) >= 11 is 0. The monoisotopic (exact) mass is 233 g/mol. The Balaban J connectivity index is 1.83. The van der Waals surface area contributed by atoms with E-state index in [1.165, 1.54) is 11.3 Å². The molecule has 2 heterocycles. The standard InChI is InChI=1S/C14H19NO2/c1-14(6-9-16-10-7-14)17-12-4-2-3-11-5-8-15-13(11)12/h2-4,15H,5-10H2,1H3. The summed E-state index contributed by atoms with van der Waals surface area (Å²) in [6.07, 6.45) is 3.04. The van der Waals surface area contributed by atoms with Crippen LogP contribution in [0, 0.1) is 0 Å². The number of para-hydroxylation sites is 1. The minimum absolute atomic E-state index is 0.0718. The molecule has 0 saturated carbocycles. The topological polar surface area (TPSA) is 30.5 Å². The number of nitrogens with one attached hydrogen (secondary N) is 1. The molecule has 0 spiro atoms. The summed E-state index contributed by atoms with van der Waals surface area (Å²) in [5.74, 6) is 1.00. The van der Waals surface area contributed by atoms with Crippen molar-refractivity contribution < 1.29 is 9.47 Å². The van der Waals surface area contributed by atoms with Gasteiger partial charge in [-0.05, 0) is 25.0 Å². The van der Waals surface area contributed by atoms with E-state index in [4.69, 9.17) is 9.47 Å². The molecule has 1 aromatic carbocycles. The molecule has 1 fully saturated rings. The second-order valence-electron chi connectivity index (χ2n) is 5.13. The van der Waals surface area contributed by atoms with Crippen molar-refractivity contribution in [1.29, 1.82) is 0 Å². The zero-order valence-electron chi connectivity index (χ0n) is 10.3. The van der Waals surface area contributed by atoms with Crippen LogP contribution in [0.4, 0.5) is 5.69 Å². The number of hydrogen-bond acceptors (Lipinski definition) is 3. The first kappa shape index (κ1) is 10.9. The Labute approximate surface area is 102 Å². The highest BCUT2D eigenvalue weighted by Crippen LogP contribution is 2.36. The van der Waals surface area contributed by atoms with Crippen molar-refractivity contribution in [2.24, 2.45) is 0 Å². The van der Waals surface area contributed by atoms with Crippen LogP contribution in [0.15, 0.2) is 18.2 Å². The molecule has 17 heavy (non-hydrogen) atoms. The van der Waals surface area contributed by atoms with Gasteiger partial charge in [-0.25, -0.2) is 0 Å². The van der Waals surface area contributed by atoms with Crippen molar-refractivity contribution in [3.63, 3.8) is 0 Å². The summed E-state index contributed by atoms with van der Waals surface area (Å²) in [7, 11) is 0. The van der Waals surface area contributed by atoms with Crippen molar-refractivity contribution in [1.82, 2.24) is 0 Å². The molecule has 2 aliphatic rings. The van der Waals surface area contributed by atoms with Crippen LogP contribution in [-0.4, -0.2) is 25.4 Å². The maximum Gasteiger partial charge on any atom is 0.143 e. The molecule has 0 unspecified atom stereocenters. The Hall–Kier alpha value is -1.22. The van der Waals surface area contributed by atoms with Crippen LogP contribution in [0.3, 0.4) is 0 Å². The average Bonchev–Trinajstić information content (AvgIpc) is 2.79. The molecule has 3 rings (SSSR count). The predicted molar refractivity (Wildman–Crippen MR) is 67.7 cm³/mol. The van der Waals surface area contributed by atoms with Gasteiger partial charge in [0.25, 0.3) is 0 Å². The Kier molecular flexibility index (Phi) is 2.71. The fourth-order valence-corrected chi connectivity index (χ4v) is 2.56. The molecular weight excluding hydrogens is 214 g/mol. The molecule has 0 bridgehead atoms. The molecule has 3 heteroatoms. The Morgan fingerprint density at radius 2 is 2.12 bits per heavy atom. The highest BCUT2D eigenvalue weighted by molar-refractivity contribution is 5.65. The number of fused-ring (bicyclic) bond motifs is 1. The summed E-state index contributed by atoms with van der Waals surface area (Å²) < 4.78 is 11.6. The van der Waals surface area contributed by atoms with Crippen LogP contribution in [0.2, 0.25) is 0 Å². The van der Waals surface area contributed by atoms with E-state index < -0.39 is 0 Å². The molecular formula is C14H19NO2. The molecule has 0 aromatic heterocycles. The van der Waals surface area contributed by atoms with Gasteiger partial charge in [-0.3, -0.25) is 0 Å². The van der Waals surface area contributed by atoms with E-state index in [2.05, 4.69) is 30.4 Å². The summed E-state index contributed by atoms with van der Waals surface area (Å²) in [5.41, 5.74) is 2.50. The van der Waals surface area contributed by atoms with E-state index in [0.29, 0.717) is 0 Å². The molecule has 1 aromatic rings. The molecule has 1 saturated heterocycles. The number of benzene rings is 1. The zero-order chi connectivity index (χ0) is 11.7. The van der Waals surface area contributed by atoms with Gasteiger partial charge in [0.2, 0.25) is 0 Å². The third-order valence-corrected chi connectivity index (χ3v) is 3.72. The Morgan fingerprint density at radius 1 is 1.29 bits per heavy atom. The summed E-state index contributed by atoms with van der Waals surface area (Å²) in [6.45, 7) is 4.82. The van der Waals surface area contributed by atoms with Gasteiger partial charge in [-0.1, -0.05) is 12.1 Å². The number of hydrogen-bond donors (Lipinski definition) is 1. The maximum absolute atomic E-state index is 6.24. The third-order valence-electron chi connectivity index (χ3n) is 3.72. The Bertz CT molecular complexity index is 411. The van der Waals surface area contributed by atoms with E-state index in [-0.39, 0.29) is 5.60 Å². The number of rotatable bonds is 2. The highest BCUT2D eigenvalue weighted by atomic mass is 16.5. The third kappa shape index (κ3) is 2.12. The maximum atomic E-state index is 6.24. The second-order valence-corrected chi connectivity index (χ2v) is 5.13. The lowest BCUT2D eigenvalue weighted by atomic mass is 9.96. The summed E-state index contributed by atoms with van der Waals surface area (Å²) in [6, 6.07) is 6.33. The molecule has 0 amide bonds. The first-order chi connectivity index (χ1) is 8.27. The van der Waals surface area contributed by atoms with E-state index >= 15 is 0 Å². The fraction of sp³-hybridized carbons (Fsp3) is 0.571. The van der Waals surface area contributed by atoms with Gasteiger partial charge >= 0.3 is 0 Å². The van der Waals surface area contributed by atoms with Gasteiger partial charge in [0.05, 0.1) is 18.9 Å². The first-order valence-electron chi connectivity index (χ1n) is 6.39. The van der Waals surface area contributed by atoms with Gasteiger partial charge < -0.3 is 14.8 Å². The predicted octanol–water partition coefficient (Wildman–Crippen LogP) is 2.60. The molecule has 1 N–H and O–H groups in total. The van der Waals surface area contributed by atoms with E-state index in [9.17, 15) is 0 Å². The molecule has 3 nitrogen and oxygen atoms in total. The molecule has 2 aliphatic heterocycles. The zero-order valence-corrected chi connectivity index (χ0v) is 10.3. The number of ether oxygens (including phenoxy) is 2. The molecule has 0 aliphatic carbocycles. The average molecular weight is 233 g/mol. The molecule has 0 radical (unpaired) electrons. The Morgan fingerprint density at radius 3 is 2.94 bits per heavy atom. The van der Waals surface area contributed by atoms with Gasteiger partial charge in [-0.2, -0.15) is 0 Å². The van der Waals surface area contributed by atoms with E-state index in [0.717, 1.165) is 44.8 Å². The second kappa shape index (κ2) is 4.22. The van der Waals surface area contributed by atoms with Crippen LogP contribution in [0.5, 0.6) is 5.75 Å². The quantitative estimate of drug-likeness (QED) is 0.851. The van der Waals surface area contributed by atoms with Crippen LogP contribution >= 0.6 is 0 Å². The van der Waals surface area contributed by atoms with Crippen molar-refractivity contribution in [3.05, 3.63) is 23.8 Å².